The number of pyridine rings is 1. The van der Waals surface area contributed by atoms with Crippen LogP contribution >= 0.6 is 0 Å². The maximum absolute atomic E-state index is 12.5. The Kier molecular flexibility index (Phi) is 4.85. The highest BCUT2D eigenvalue weighted by Gasteiger charge is 2.34. The fourth-order valence-corrected chi connectivity index (χ4v) is 3.48. The minimum Gasteiger partial charge on any atom is -0.323 e. The number of rotatable bonds is 5. The number of aromatic nitrogens is 1. The van der Waals surface area contributed by atoms with E-state index in [4.69, 9.17) is 0 Å². The first-order chi connectivity index (χ1) is 11.5. The van der Waals surface area contributed by atoms with Gasteiger partial charge in [0.25, 0.3) is 0 Å². The Morgan fingerprint density at radius 3 is 2.33 bits per heavy atom. The van der Waals surface area contributed by atoms with Crippen LogP contribution in [-0.4, -0.2) is 39.8 Å². The predicted molar refractivity (Wildman–Crippen MR) is 93.7 cm³/mol. The predicted octanol–water partition coefficient (Wildman–Crippen LogP) is 2.63. The highest BCUT2D eigenvalue weighted by Crippen LogP contribution is 2.30. The number of likely N-dealkylation sites (tertiary alicyclic amines) is 1. The summed E-state index contributed by atoms with van der Waals surface area (Å²) < 4.78 is 0. The van der Waals surface area contributed by atoms with Crippen LogP contribution in [0.4, 0.5) is 11.5 Å². The normalized spacial score (nSPS) is 25.3. The molecular formula is C18H26N4O2. The molecule has 2 aliphatic rings. The van der Waals surface area contributed by atoms with E-state index in [-0.39, 0.29) is 23.8 Å². The molecule has 2 fully saturated rings. The summed E-state index contributed by atoms with van der Waals surface area (Å²) in [4.78, 5) is 30.7. The molecule has 1 aliphatic heterocycles. The van der Waals surface area contributed by atoms with Crippen molar-refractivity contribution < 1.29 is 9.59 Å². The van der Waals surface area contributed by atoms with Crippen molar-refractivity contribution in [1.82, 2.24) is 9.88 Å². The van der Waals surface area contributed by atoms with Crippen LogP contribution in [0.5, 0.6) is 0 Å². The lowest BCUT2D eigenvalue weighted by Crippen LogP contribution is -2.46. The quantitative estimate of drug-likeness (QED) is 0.870. The smallest absolute Gasteiger partial charge is 0.241 e. The third kappa shape index (κ3) is 3.75. The Hall–Kier alpha value is -1.95. The third-order valence-corrected chi connectivity index (χ3v) is 5.08. The first-order valence-corrected chi connectivity index (χ1v) is 8.81. The van der Waals surface area contributed by atoms with E-state index in [1.807, 2.05) is 6.92 Å². The SMILES string of the molecule is C[C@@H]1CC[C@H](C)N1[C@@H](C)C(=O)Nc1ccc(NC(=O)C2CC2)nc1. The van der Waals surface area contributed by atoms with Crippen molar-refractivity contribution in [2.24, 2.45) is 5.92 Å². The van der Waals surface area contributed by atoms with Crippen molar-refractivity contribution in [1.29, 1.82) is 0 Å². The molecule has 6 heteroatoms. The minimum absolute atomic E-state index is 0.0211. The number of hydrogen-bond donors (Lipinski definition) is 2. The highest BCUT2D eigenvalue weighted by atomic mass is 16.2. The van der Waals surface area contributed by atoms with Crippen molar-refractivity contribution in [3.63, 3.8) is 0 Å². The summed E-state index contributed by atoms with van der Waals surface area (Å²) >= 11 is 0. The second kappa shape index (κ2) is 6.89. The van der Waals surface area contributed by atoms with Crippen LogP contribution in [0.3, 0.4) is 0 Å². The lowest BCUT2D eigenvalue weighted by atomic mass is 10.2. The molecule has 130 valence electrons. The number of anilines is 2. The molecule has 3 atom stereocenters. The Balaban J connectivity index is 1.56. The van der Waals surface area contributed by atoms with Crippen molar-refractivity contribution in [3.05, 3.63) is 18.3 Å². The van der Waals surface area contributed by atoms with Crippen molar-refractivity contribution in [2.75, 3.05) is 10.6 Å². The number of amides is 2. The average molecular weight is 330 g/mol. The van der Waals surface area contributed by atoms with Crippen LogP contribution in [-0.2, 0) is 9.59 Å². The van der Waals surface area contributed by atoms with E-state index in [9.17, 15) is 9.59 Å². The van der Waals surface area contributed by atoms with Crippen molar-refractivity contribution in [2.45, 2.75) is 64.6 Å². The molecule has 0 unspecified atom stereocenters. The Morgan fingerprint density at radius 1 is 1.12 bits per heavy atom. The summed E-state index contributed by atoms with van der Waals surface area (Å²) in [5.41, 5.74) is 0.649. The molecule has 3 rings (SSSR count). The summed E-state index contributed by atoms with van der Waals surface area (Å²) in [6, 6.07) is 4.18. The van der Waals surface area contributed by atoms with E-state index < -0.39 is 0 Å². The standard InChI is InChI=1S/C18H26N4O2/c1-11-4-5-12(2)22(11)13(3)17(23)20-15-8-9-16(19-10-15)21-18(24)14-6-7-14/h8-14H,4-7H2,1-3H3,(H,20,23)(H,19,21,24)/t11-,12+,13-/m0/s1. The molecule has 0 radical (unpaired) electrons. The van der Waals surface area contributed by atoms with Gasteiger partial charge < -0.3 is 10.6 Å². The second-order valence-electron chi connectivity index (χ2n) is 7.08. The monoisotopic (exact) mass is 330 g/mol. The molecule has 2 N–H and O–H groups in total. The number of carbonyl (C=O) groups excluding carboxylic acids is 2. The van der Waals surface area contributed by atoms with Gasteiger partial charge in [0, 0.05) is 18.0 Å². The molecule has 6 nitrogen and oxygen atoms in total. The van der Waals surface area contributed by atoms with Gasteiger partial charge in [-0.3, -0.25) is 14.5 Å². The van der Waals surface area contributed by atoms with Gasteiger partial charge in [-0.05, 0) is 58.6 Å². The molecule has 0 aromatic carbocycles. The molecule has 2 heterocycles. The van der Waals surface area contributed by atoms with Crippen LogP contribution in [0.2, 0.25) is 0 Å². The summed E-state index contributed by atoms with van der Waals surface area (Å²) in [5.74, 6) is 0.688. The number of carbonyl (C=O) groups is 2. The number of nitrogens with one attached hydrogen (secondary N) is 2. The minimum atomic E-state index is -0.174. The molecule has 24 heavy (non-hydrogen) atoms. The van der Waals surface area contributed by atoms with Crippen LogP contribution in [0, 0.1) is 5.92 Å². The zero-order valence-corrected chi connectivity index (χ0v) is 14.6. The lowest BCUT2D eigenvalue weighted by Gasteiger charge is -2.31. The largest absolute Gasteiger partial charge is 0.323 e. The van der Waals surface area contributed by atoms with Gasteiger partial charge in [0.1, 0.15) is 5.82 Å². The van der Waals surface area contributed by atoms with Crippen LogP contribution < -0.4 is 10.6 Å². The van der Waals surface area contributed by atoms with Crippen molar-refractivity contribution in [3.8, 4) is 0 Å². The van der Waals surface area contributed by atoms with E-state index in [1.165, 1.54) is 0 Å². The molecular weight excluding hydrogens is 304 g/mol. The van der Waals surface area contributed by atoms with E-state index in [2.05, 4.69) is 34.4 Å². The zero-order chi connectivity index (χ0) is 17.3. The van der Waals surface area contributed by atoms with Crippen LogP contribution in [0.25, 0.3) is 0 Å². The second-order valence-corrected chi connectivity index (χ2v) is 7.08. The fraction of sp³-hybridized carbons (Fsp3) is 0.611. The maximum Gasteiger partial charge on any atom is 0.241 e. The maximum atomic E-state index is 12.5. The first-order valence-electron chi connectivity index (χ1n) is 8.81. The molecule has 1 aromatic rings. The van der Waals surface area contributed by atoms with Gasteiger partial charge in [-0.1, -0.05) is 0 Å². The third-order valence-electron chi connectivity index (χ3n) is 5.08. The average Bonchev–Trinajstić information content (AvgIpc) is 3.35. The Morgan fingerprint density at radius 2 is 1.79 bits per heavy atom. The summed E-state index contributed by atoms with van der Waals surface area (Å²) in [5, 5.41) is 5.71. The Bertz CT molecular complexity index is 602. The highest BCUT2D eigenvalue weighted by molar-refractivity contribution is 5.95. The van der Waals surface area contributed by atoms with Gasteiger partial charge >= 0.3 is 0 Å². The van der Waals surface area contributed by atoms with Crippen LogP contribution in [0.1, 0.15) is 46.5 Å². The van der Waals surface area contributed by atoms with Gasteiger partial charge in [0.05, 0.1) is 17.9 Å². The van der Waals surface area contributed by atoms with Gasteiger partial charge in [0.2, 0.25) is 11.8 Å². The zero-order valence-electron chi connectivity index (χ0n) is 14.6. The van der Waals surface area contributed by atoms with E-state index >= 15 is 0 Å². The van der Waals surface area contributed by atoms with Crippen LogP contribution in [0.15, 0.2) is 18.3 Å². The molecule has 1 saturated carbocycles. The summed E-state index contributed by atoms with van der Waals surface area (Å²) in [6.45, 7) is 6.30. The molecule has 0 bridgehead atoms. The molecule has 1 saturated heterocycles. The van der Waals surface area contributed by atoms with Gasteiger partial charge in [-0.2, -0.15) is 0 Å². The van der Waals surface area contributed by atoms with Gasteiger partial charge in [0.15, 0.2) is 0 Å². The van der Waals surface area contributed by atoms with Gasteiger partial charge in [-0.25, -0.2) is 4.98 Å². The van der Waals surface area contributed by atoms with E-state index in [0.29, 0.717) is 23.6 Å². The Labute approximate surface area is 143 Å². The molecule has 0 spiro atoms. The fourth-order valence-electron chi connectivity index (χ4n) is 3.48. The summed E-state index contributed by atoms with van der Waals surface area (Å²) in [6.07, 6.45) is 5.78. The first kappa shape index (κ1) is 16.9. The van der Waals surface area contributed by atoms with Gasteiger partial charge in [-0.15, -0.1) is 0 Å². The van der Waals surface area contributed by atoms with E-state index in [1.54, 1.807) is 18.3 Å². The van der Waals surface area contributed by atoms with Crippen molar-refractivity contribution >= 4 is 23.3 Å². The lowest BCUT2D eigenvalue weighted by molar-refractivity contribution is -0.121. The molecule has 2 amide bonds. The van der Waals surface area contributed by atoms with E-state index in [0.717, 1.165) is 25.7 Å². The number of hydrogen-bond acceptors (Lipinski definition) is 4. The topological polar surface area (TPSA) is 74.3 Å². The molecule has 1 aliphatic carbocycles. The number of nitrogens with zero attached hydrogens (tertiary/aromatic N) is 2. The molecule has 1 aromatic heterocycles. The summed E-state index contributed by atoms with van der Waals surface area (Å²) in [7, 11) is 0.